The number of carbonyl (C=O) groups is 1. The molecule has 3 nitrogen and oxygen atoms in total. The lowest BCUT2D eigenvalue weighted by molar-refractivity contribution is -0.232. The second kappa shape index (κ2) is 4.12. The van der Waals surface area contributed by atoms with Crippen molar-refractivity contribution in [3.05, 3.63) is 0 Å². The van der Waals surface area contributed by atoms with Gasteiger partial charge in [-0.25, -0.2) is 13.8 Å². The second-order valence-corrected chi connectivity index (χ2v) is 2.87. The van der Waals surface area contributed by atoms with Crippen molar-refractivity contribution < 1.29 is 27.2 Å². The minimum absolute atomic E-state index is 0.0683. The lowest BCUT2D eigenvalue weighted by Crippen LogP contribution is -2.49. The van der Waals surface area contributed by atoms with Crippen molar-refractivity contribution in [3.8, 4) is 0 Å². The Labute approximate surface area is 77.6 Å². The van der Waals surface area contributed by atoms with Gasteiger partial charge in [0.15, 0.2) is 0 Å². The average molecular weight is 215 g/mol. The summed E-state index contributed by atoms with van der Waals surface area (Å²) in [7, 11) is 0. The van der Waals surface area contributed by atoms with Gasteiger partial charge in [-0.15, -0.1) is 0 Å². The van der Waals surface area contributed by atoms with Gasteiger partial charge in [-0.2, -0.15) is 8.78 Å². The zero-order valence-corrected chi connectivity index (χ0v) is 7.18. The topological polar surface area (TPSA) is 29.5 Å². The van der Waals surface area contributed by atoms with Gasteiger partial charge in [0.1, 0.15) is 0 Å². The summed E-state index contributed by atoms with van der Waals surface area (Å²) in [5.74, 6) is -6.62. The first kappa shape index (κ1) is 11.2. The molecule has 1 aliphatic rings. The van der Waals surface area contributed by atoms with Crippen LogP contribution in [0.4, 0.5) is 17.6 Å². The molecule has 0 aromatic rings. The fourth-order valence-corrected chi connectivity index (χ4v) is 1.02. The number of hydroxylamine groups is 2. The lowest BCUT2D eigenvalue weighted by Gasteiger charge is -2.28. The number of nitrogens with zero attached hydrogens (tertiary/aromatic N) is 1. The Morgan fingerprint density at radius 2 is 2.00 bits per heavy atom. The fourth-order valence-electron chi connectivity index (χ4n) is 1.02. The summed E-state index contributed by atoms with van der Waals surface area (Å²) in [5, 5.41) is 0.315. The quantitative estimate of drug-likeness (QED) is 0.652. The average Bonchev–Trinajstić information content (AvgIpc) is 2.17. The normalized spacial score (nSPS) is 18.8. The van der Waals surface area contributed by atoms with E-state index >= 15 is 0 Å². The molecule has 1 saturated heterocycles. The van der Waals surface area contributed by atoms with Gasteiger partial charge in [0.2, 0.25) is 0 Å². The van der Waals surface area contributed by atoms with Crippen molar-refractivity contribution in [3.63, 3.8) is 0 Å². The molecule has 0 aromatic heterocycles. The van der Waals surface area contributed by atoms with E-state index in [9.17, 15) is 22.4 Å². The highest BCUT2D eigenvalue weighted by atomic mass is 19.3. The molecule has 0 saturated carbocycles. The molecule has 1 aliphatic heterocycles. The van der Waals surface area contributed by atoms with Gasteiger partial charge in [0.25, 0.3) is 0 Å². The first-order valence-corrected chi connectivity index (χ1v) is 4.07. The second-order valence-electron chi connectivity index (χ2n) is 2.87. The molecule has 0 aliphatic carbocycles. The highest BCUT2D eigenvalue weighted by molar-refractivity contribution is 5.83. The maximum absolute atomic E-state index is 12.5. The van der Waals surface area contributed by atoms with Crippen LogP contribution in [0.25, 0.3) is 0 Å². The number of hydrogen-bond acceptors (Lipinski definition) is 2. The van der Waals surface area contributed by atoms with Crippen LogP contribution in [0.2, 0.25) is 0 Å². The summed E-state index contributed by atoms with van der Waals surface area (Å²) in [6.07, 6.45) is -2.89. The first-order chi connectivity index (χ1) is 6.46. The van der Waals surface area contributed by atoms with Crippen molar-refractivity contribution in [2.45, 2.75) is 25.2 Å². The molecule has 1 amide bonds. The van der Waals surface area contributed by atoms with Crippen LogP contribution in [0.1, 0.15) is 12.8 Å². The summed E-state index contributed by atoms with van der Waals surface area (Å²) in [5.41, 5.74) is 0. The first-order valence-electron chi connectivity index (χ1n) is 4.07. The molecule has 0 bridgehead atoms. The molecule has 0 N–H and O–H groups in total. The van der Waals surface area contributed by atoms with Crippen molar-refractivity contribution >= 4 is 5.91 Å². The van der Waals surface area contributed by atoms with E-state index < -0.39 is 18.3 Å². The minimum Gasteiger partial charge on any atom is -0.271 e. The molecule has 0 aromatic carbocycles. The van der Waals surface area contributed by atoms with Gasteiger partial charge in [-0.05, 0) is 12.8 Å². The zero-order valence-electron chi connectivity index (χ0n) is 7.18. The largest absolute Gasteiger partial charge is 0.385 e. The molecule has 1 fully saturated rings. The Morgan fingerprint density at radius 1 is 1.36 bits per heavy atom. The molecule has 0 radical (unpaired) electrons. The molecule has 1 rings (SSSR count). The number of carbonyl (C=O) groups excluding carboxylic acids is 1. The fraction of sp³-hybridized carbons (Fsp3) is 0.857. The number of rotatable bonds is 2. The summed E-state index contributed by atoms with van der Waals surface area (Å²) in [6.45, 7) is 0.0339. The number of halogens is 4. The smallest absolute Gasteiger partial charge is 0.271 e. The predicted molar refractivity (Wildman–Crippen MR) is 37.9 cm³/mol. The molecule has 14 heavy (non-hydrogen) atoms. The third-order valence-corrected chi connectivity index (χ3v) is 1.79. The van der Waals surface area contributed by atoms with E-state index in [2.05, 4.69) is 4.84 Å². The predicted octanol–water partition coefficient (Wildman–Crippen LogP) is 1.44. The Hall–Kier alpha value is -0.850. The van der Waals surface area contributed by atoms with Crippen LogP contribution in [-0.4, -0.2) is 36.5 Å². The zero-order chi connectivity index (χ0) is 10.8. The van der Waals surface area contributed by atoms with E-state index in [-0.39, 0.29) is 13.2 Å². The van der Waals surface area contributed by atoms with E-state index in [1.807, 2.05) is 0 Å². The van der Waals surface area contributed by atoms with E-state index in [0.717, 1.165) is 0 Å². The maximum Gasteiger partial charge on any atom is 0.385 e. The molecular formula is C7H9F4NO2. The number of hydrogen-bond donors (Lipinski definition) is 0. The molecule has 0 atom stereocenters. The summed E-state index contributed by atoms with van der Waals surface area (Å²) in [6, 6.07) is 0. The summed E-state index contributed by atoms with van der Waals surface area (Å²) >= 11 is 0. The van der Waals surface area contributed by atoms with Gasteiger partial charge in [0.05, 0.1) is 6.61 Å². The monoisotopic (exact) mass is 215 g/mol. The van der Waals surface area contributed by atoms with Crippen molar-refractivity contribution in [2.75, 3.05) is 13.2 Å². The molecule has 0 spiro atoms. The summed E-state index contributed by atoms with van der Waals surface area (Å²) in [4.78, 5) is 15.4. The van der Waals surface area contributed by atoms with Crippen molar-refractivity contribution in [2.24, 2.45) is 0 Å². The van der Waals surface area contributed by atoms with Crippen LogP contribution in [0, 0.1) is 0 Å². The molecule has 0 unspecified atom stereocenters. The van der Waals surface area contributed by atoms with Crippen LogP contribution in [0.5, 0.6) is 0 Å². The van der Waals surface area contributed by atoms with Crippen LogP contribution >= 0.6 is 0 Å². The van der Waals surface area contributed by atoms with Gasteiger partial charge >= 0.3 is 18.3 Å². The molecule has 7 heteroatoms. The number of amides is 1. The highest BCUT2D eigenvalue weighted by Gasteiger charge is 2.52. The SMILES string of the molecule is O=C(N1CCCCO1)C(F)(F)C(F)F. The van der Waals surface area contributed by atoms with Gasteiger partial charge < -0.3 is 0 Å². The standard InChI is InChI=1S/C7H9F4NO2/c8-5(9)7(10,11)6(13)12-3-1-2-4-14-12/h5H,1-4H2. The van der Waals surface area contributed by atoms with Crippen LogP contribution in [-0.2, 0) is 9.63 Å². The maximum atomic E-state index is 12.5. The van der Waals surface area contributed by atoms with E-state index in [4.69, 9.17) is 0 Å². The molecule has 1 heterocycles. The van der Waals surface area contributed by atoms with Crippen LogP contribution < -0.4 is 0 Å². The Balaban J connectivity index is 2.63. The van der Waals surface area contributed by atoms with Gasteiger partial charge in [-0.3, -0.25) is 9.63 Å². The Bertz CT molecular complexity index is 216. The Kier molecular flexibility index (Phi) is 3.30. The van der Waals surface area contributed by atoms with Crippen LogP contribution in [0.3, 0.4) is 0 Å². The lowest BCUT2D eigenvalue weighted by atomic mass is 10.2. The minimum atomic E-state index is -4.66. The Morgan fingerprint density at radius 3 is 2.43 bits per heavy atom. The number of alkyl halides is 4. The third-order valence-electron chi connectivity index (χ3n) is 1.79. The van der Waals surface area contributed by atoms with Crippen molar-refractivity contribution in [1.29, 1.82) is 0 Å². The van der Waals surface area contributed by atoms with Gasteiger partial charge in [0, 0.05) is 6.54 Å². The third kappa shape index (κ3) is 2.14. The van der Waals surface area contributed by atoms with Crippen LogP contribution in [0.15, 0.2) is 0 Å². The van der Waals surface area contributed by atoms with Crippen molar-refractivity contribution in [1.82, 2.24) is 5.06 Å². The van der Waals surface area contributed by atoms with E-state index in [1.165, 1.54) is 0 Å². The van der Waals surface area contributed by atoms with E-state index in [0.29, 0.717) is 17.9 Å². The molecular weight excluding hydrogens is 206 g/mol. The molecule has 82 valence electrons. The summed E-state index contributed by atoms with van der Waals surface area (Å²) < 4.78 is 48.5. The van der Waals surface area contributed by atoms with Gasteiger partial charge in [-0.1, -0.05) is 0 Å². The highest BCUT2D eigenvalue weighted by Crippen LogP contribution is 2.26. The van der Waals surface area contributed by atoms with E-state index in [1.54, 1.807) is 0 Å².